The number of carbonyl (C=O) groups is 2. The summed E-state index contributed by atoms with van der Waals surface area (Å²) >= 11 is 0. The molecule has 0 bridgehead atoms. The quantitative estimate of drug-likeness (QED) is 0.680. The van der Waals surface area contributed by atoms with Crippen molar-refractivity contribution in [3.8, 4) is 0 Å². The molecule has 4 nitrogen and oxygen atoms in total. The molecule has 0 aliphatic carbocycles. The number of nitrogens with one attached hydrogen (secondary N) is 2. The van der Waals surface area contributed by atoms with Crippen LogP contribution in [0, 0.1) is 20.8 Å². The highest BCUT2D eigenvalue weighted by Crippen LogP contribution is 2.22. The molecule has 0 heterocycles. The second-order valence-corrected chi connectivity index (χ2v) is 6.67. The van der Waals surface area contributed by atoms with Crippen molar-refractivity contribution in [2.75, 3.05) is 10.6 Å². The minimum atomic E-state index is -0.185. The van der Waals surface area contributed by atoms with E-state index in [9.17, 15) is 9.59 Å². The molecule has 2 N–H and O–H groups in total. The van der Waals surface area contributed by atoms with Crippen molar-refractivity contribution >= 4 is 23.2 Å². The van der Waals surface area contributed by atoms with Gasteiger partial charge in [-0.3, -0.25) is 9.59 Å². The molecule has 136 valence electrons. The molecule has 3 rings (SSSR count). The van der Waals surface area contributed by atoms with E-state index < -0.39 is 0 Å². The third kappa shape index (κ3) is 4.61. The van der Waals surface area contributed by atoms with Crippen LogP contribution in [-0.4, -0.2) is 11.8 Å². The monoisotopic (exact) mass is 358 g/mol. The first kappa shape index (κ1) is 18.4. The predicted octanol–water partition coefficient (Wildman–Crippen LogP) is 5.12. The highest BCUT2D eigenvalue weighted by molar-refractivity contribution is 6.06. The predicted molar refractivity (Wildman–Crippen MR) is 109 cm³/mol. The van der Waals surface area contributed by atoms with Gasteiger partial charge in [-0.2, -0.15) is 0 Å². The molecule has 0 fully saturated rings. The maximum atomic E-state index is 12.5. The molecular formula is C23H22N2O2. The highest BCUT2D eigenvalue weighted by atomic mass is 16.2. The van der Waals surface area contributed by atoms with Crippen molar-refractivity contribution in [1.82, 2.24) is 0 Å². The van der Waals surface area contributed by atoms with Gasteiger partial charge in [0, 0.05) is 22.5 Å². The Balaban J connectivity index is 1.75. The van der Waals surface area contributed by atoms with Gasteiger partial charge in [-0.05, 0) is 62.7 Å². The summed E-state index contributed by atoms with van der Waals surface area (Å²) in [6.07, 6.45) is 0. The largest absolute Gasteiger partial charge is 0.322 e. The van der Waals surface area contributed by atoms with Gasteiger partial charge >= 0.3 is 0 Å². The van der Waals surface area contributed by atoms with Gasteiger partial charge < -0.3 is 10.6 Å². The molecule has 0 saturated heterocycles. The molecule has 3 aromatic rings. The molecule has 0 spiro atoms. The molecule has 0 saturated carbocycles. The molecule has 0 unspecified atom stereocenters. The zero-order chi connectivity index (χ0) is 19.4. The van der Waals surface area contributed by atoms with Gasteiger partial charge in [0.2, 0.25) is 0 Å². The number of anilines is 2. The lowest BCUT2D eigenvalue weighted by Gasteiger charge is -2.12. The van der Waals surface area contributed by atoms with Gasteiger partial charge in [-0.25, -0.2) is 0 Å². The Morgan fingerprint density at radius 1 is 0.630 bits per heavy atom. The standard InChI is InChI=1S/C23H22N2O2/c1-15-4-9-18(10-5-15)22(26)24-20-13-8-17(3)21(14-20)25-23(27)19-11-6-16(2)7-12-19/h4-14H,1-3H3,(H,24,26)(H,25,27). The lowest BCUT2D eigenvalue weighted by atomic mass is 10.1. The number of hydrogen-bond acceptors (Lipinski definition) is 2. The van der Waals surface area contributed by atoms with Crippen LogP contribution in [0.4, 0.5) is 11.4 Å². The van der Waals surface area contributed by atoms with E-state index in [2.05, 4.69) is 10.6 Å². The number of aryl methyl sites for hydroxylation is 3. The van der Waals surface area contributed by atoms with Gasteiger partial charge in [0.05, 0.1) is 0 Å². The second kappa shape index (κ2) is 7.87. The summed E-state index contributed by atoms with van der Waals surface area (Å²) in [6, 6.07) is 20.2. The first-order valence-electron chi connectivity index (χ1n) is 8.79. The Labute approximate surface area is 159 Å². The lowest BCUT2D eigenvalue weighted by molar-refractivity contribution is 0.101. The van der Waals surface area contributed by atoms with Crippen LogP contribution in [0.2, 0.25) is 0 Å². The minimum absolute atomic E-state index is 0.180. The molecule has 0 radical (unpaired) electrons. The van der Waals surface area contributed by atoms with Crippen molar-refractivity contribution in [3.63, 3.8) is 0 Å². The zero-order valence-electron chi connectivity index (χ0n) is 15.7. The average molecular weight is 358 g/mol. The molecule has 4 heteroatoms. The smallest absolute Gasteiger partial charge is 0.255 e. The van der Waals surface area contributed by atoms with Crippen molar-refractivity contribution in [2.45, 2.75) is 20.8 Å². The third-order valence-corrected chi connectivity index (χ3v) is 4.37. The average Bonchev–Trinajstić information content (AvgIpc) is 2.65. The summed E-state index contributed by atoms with van der Waals surface area (Å²) in [5.74, 6) is -0.366. The van der Waals surface area contributed by atoms with Crippen molar-refractivity contribution < 1.29 is 9.59 Å². The topological polar surface area (TPSA) is 58.2 Å². The normalized spacial score (nSPS) is 10.3. The van der Waals surface area contributed by atoms with E-state index in [-0.39, 0.29) is 11.8 Å². The first-order valence-corrected chi connectivity index (χ1v) is 8.79. The van der Waals surface area contributed by atoms with Crippen molar-refractivity contribution in [1.29, 1.82) is 0 Å². The van der Waals surface area contributed by atoms with Crippen LogP contribution < -0.4 is 10.6 Å². The highest BCUT2D eigenvalue weighted by Gasteiger charge is 2.10. The van der Waals surface area contributed by atoms with Gasteiger partial charge in [-0.15, -0.1) is 0 Å². The number of rotatable bonds is 4. The zero-order valence-corrected chi connectivity index (χ0v) is 15.7. The Bertz CT molecular complexity index is 974. The van der Waals surface area contributed by atoms with Crippen LogP contribution in [0.1, 0.15) is 37.4 Å². The summed E-state index contributed by atoms with van der Waals surface area (Å²) in [7, 11) is 0. The SMILES string of the molecule is Cc1ccc(C(=O)Nc2ccc(C)c(NC(=O)c3ccc(C)cc3)c2)cc1. The third-order valence-electron chi connectivity index (χ3n) is 4.37. The van der Waals surface area contributed by atoms with Crippen LogP contribution in [0.25, 0.3) is 0 Å². The van der Waals surface area contributed by atoms with Crippen LogP contribution in [-0.2, 0) is 0 Å². The van der Waals surface area contributed by atoms with E-state index in [1.54, 1.807) is 30.3 Å². The molecule has 0 aromatic heterocycles. The maximum Gasteiger partial charge on any atom is 0.255 e. The number of benzene rings is 3. The van der Waals surface area contributed by atoms with E-state index in [4.69, 9.17) is 0 Å². The van der Waals surface area contributed by atoms with Gasteiger partial charge in [0.1, 0.15) is 0 Å². The fourth-order valence-electron chi connectivity index (χ4n) is 2.64. The van der Waals surface area contributed by atoms with E-state index in [1.807, 2.05) is 57.2 Å². The first-order chi connectivity index (χ1) is 12.9. The lowest BCUT2D eigenvalue weighted by Crippen LogP contribution is -2.14. The molecule has 0 atom stereocenters. The number of hydrogen-bond donors (Lipinski definition) is 2. The summed E-state index contributed by atoms with van der Waals surface area (Å²) in [5.41, 5.74) is 5.60. The maximum absolute atomic E-state index is 12.5. The van der Waals surface area contributed by atoms with Crippen molar-refractivity contribution in [3.05, 3.63) is 94.5 Å². The fraction of sp³-hybridized carbons (Fsp3) is 0.130. The van der Waals surface area contributed by atoms with Gasteiger partial charge in [0.25, 0.3) is 11.8 Å². The molecular weight excluding hydrogens is 336 g/mol. The fourth-order valence-corrected chi connectivity index (χ4v) is 2.64. The molecule has 2 amide bonds. The van der Waals surface area contributed by atoms with Crippen LogP contribution in [0.5, 0.6) is 0 Å². The summed E-state index contributed by atoms with van der Waals surface area (Å²) in [4.78, 5) is 24.9. The molecule has 27 heavy (non-hydrogen) atoms. The Morgan fingerprint density at radius 2 is 1.11 bits per heavy atom. The summed E-state index contributed by atoms with van der Waals surface area (Å²) in [5, 5.41) is 5.79. The van der Waals surface area contributed by atoms with Crippen LogP contribution in [0.15, 0.2) is 66.7 Å². The Kier molecular flexibility index (Phi) is 5.36. The summed E-state index contributed by atoms with van der Waals surface area (Å²) in [6.45, 7) is 5.87. The number of carbonyl (C=O) groups excluding carboxylic acids is 2. The Morgan fingerprint density at radius 3 is 1.63 bits per heavy atom. The second-order valence-electron chi connectivity index (χ2n) is 6.67. The molecule has 0 aliphatic rings. The minimum Gasteiger partial charge on any atom is -0.322 e. The van der Waals surface area contributed by atoms with Crippen LogP contribution >= 0.6 is 0 Å². The van der Waals surface area contributed by atoms with Gasteiger partial charge in [-0.1, -0.05) is 41.5 Å². The van der Waals surface area contributed by atoms with E-state index in [1.165, 1.54) is 0 Å². The van der Waals surface area contributed by atoms with Crippen LogP contribution in [0.3, 0.4) is 0 Å². The van der Waals surface area contributed by atoms with Gasteiger partial charge in [0.15, 0.2) is 0 Å². The van der Waals surface area contributed by atoms with E-state index in [0.717, 1.165) is 16.7 Å². The molecule has 0 aliphatic heterocycles. The number of amides is 2. The Hall–Kier alpha value is -3.40. The van der Waals surface area contributed by atoms with Crippen molar-refractivity contribution in [2.24, 2.45) is 0 Å². The van der Waals surface area contributed by atoms with E-state index >= 15 is 0 Å². The van der Waals surface area contributed by atoms with E-state index in [0.29, 0.717) is 22.5 Å². The molecule has 3 aromatic carbocycles. The summed E-state index contributed by atoms with van der Waals surface area (Å²) < 4.78 is 0.